The highest BCUT2D eigenvalue weighted by molar-refractivity contribution is 7.09. The molecular weight excluding hydrogens is 443 g/mol. The molecule has 0 spiro atoms. The van der Waals surface area contributed by atoms with Crippen LogP contribution in [-0.2, 0) is 27.4 Å². The lowest BCUT2D eigenvalue weighted by Crippen LogP contribution is -2.45. The van der Waals surface area contributed by atoms with Crippen LogP contribution in [-0.4, -0.2) is 55.0 Å². The molecule has 0 aliphatic rings. The van der Waals surface area contributed by atoms with Gasteiger partial charge in [-0.15, -0.1) is 11.3 Å². The maximum absolute atomic E-state index is 13.3. The summed E-state index contributed by atoms with van der Waals surface area (Å²) in [4.78, 5) is 30.2. The number of hydrogen-bond donors (Lipinski definition) is 0. The van der Waals surface area contributed by atoms with Crippen molar-refractivity contribution >= 4 is 23.2 Å². The summed E-state index contributed by atoms with van der Waals surface area (Å²) in [5, 5.41) is 1.95. The minimum absolute atomic E-state index is 0.104. The van der Waals surface area contributed by atoms with Crippen LogP contribution in [0.3, 0.4) is 0 Å². The van der Waals surface area contributed by atoms with Crippen LogP contribution >= 0.6 is 11.3 Å². The number of benzene rings is 2. The summed E-state index contributed by atoms with van der Waals surface area (Å²) >= 11 is 1.55. The SMILES string of the molecule is COCCN(CC(=O)N(Cc1ccc(F)cc1)Cc1cccs1)C(=O)COc1ccccc1. The van der Waals surface area contributed by atoms with E-state index in [4.69, 9.17) is 9.47 Å². The lowest BCUT2D eigenvalue weighted by molar-refractivity contribution is -0.142. The molecule has 174 valence electrons. The first-order chi connectivity index (χ1) is 16.0. The molecule has 0 N–H and O–H groups in total. The number of carbonyl (C=O) groups is 2. The summed E-state index contributed by atoms with van der Waals surface area (Å²) < 4.78 is 24.0. The number of halogens is 1. The predicted molar refractivity (Wildman–Crippen MR) is 125 cm³/mol. The first kappa shape index (κ1) is 24.4. The fourth-order valence-corrected chi connectivity index (χ4v) is 3.86. The zero-order chi connectivity index (χ0) is 23.5. The molecule has 8 heteroatoms. The van der Waals surface area contributed by atoms with Gasteiger partial charge >= 0.3 is 0 Å². The fraction of sp³-hybridized carbons (Fsp3) is 0.280. The average molecular weight is 471 g/mol. The van der Waals surface area contributed by atoms with Gasteiger partial charge in [-0.25, -0.2) is 4.39 Å². The summed E-state index contributed by atoms with van der Waals surface area (Å²) in [6.45, 7) is 0.997. The van der Waals surface area contributed by atoms with Crippen molar-refractivity contribution in [2.75, 3.05) is 33.4 Å². The van der Waals surface area contributed by atoms with E-state index >= 15 is 0 Å². The monoisotopic (exact) mass is 470 g/mol. The summed E-state index contributed by atoms with van der Waals surface area (Å²) in [5.74, 6) is -0.261. The second-order valence-corrected chi connectivity index (χ2v) is 8.40. The third-order valence-electron chi connectivity index (χ3n) is 4.92. The molecule has 1 heterocycles. The van der Waals surface area contributed by atoms with Gasteiger partial charge in [0.05, 0.1) is 19.7 Å². The maximum Gasteiger partial charge on any atom is 0.261 e. The highest BCUT2D eigenvalue weighted by atomic mass is 32.1. The Labute approximate surface area is 197 Å². The van der Waals surface area contributed by atoms with Gasteiger partial charge in [0.2, 0.25) is 5.91 Å². The lowest BCUT2D eigenvalue weighted by Gasteiger charge is -2.27. The van der Waals surface area contributed by atoms with Crippen molar-refractivity contribution < 1.29 is 23.5 Å². The Bertz CT molecular complexity index is 997. The van der Waals surface area contributed by atoms with Gasteiger partial charge in [0.25, 0.3) is 5.91 Å². The predicted octanol–water partition coefficient (Wildman–Crippen LogP) is 3.97. The minimum atomic E-state index is -0.329. The molecular formula is C25H27FN2O4S. The highest BCUT2D eigenvalue weighted by Crippen LogP contribution is 2.16. The van der Waals surface area contributed by atoms with Crippen molar-refractivity contribution in [3.8, 4) is 5.75 Å². The van der Waals surface area contributed by atoms with E-state index in [0.29, 0.717) is 25.4 Å². The number of nitrogens with zero attached hydrogens (tertiary/aromatic N) is 2. The molecule has 0 aliphatic carbocycles. The topological polar surface area (TPSA) is 59.1 Å². The van der Waals surface area contributed by atoms with Crippen molar-refractivity contribution in [2.45, 2.75) is 13.1 Å². The van der Waals surface area contributed by atoms with E-state index in [9.17, 15) is 14.0 Å². The van der Waals surface area contributed by atoms with Crippen molar-refractivity contribution in [1.82, 2.24) is 9.80 Å². The zero-order valence-corrected chi connectivity index (χ0v) is 19.3. The Balaban J connectivity index is 1.69. The lowest BCUT2D eigenvalue weighted by atomic mass is 10.2. The van der Waals surface area contributed by atoms with E-state index in [0.717, 1.165) is 10.4 Å². The van der Waals surface area contributed by atoms with Crippen LogP contribution in [0.5, 0.6) is 5.75 Å². The van der Waals surface area contributed by atoms with E-state index in [-0.39, 0.29) is 37.3 Å². The van der Waals surface area contributed by atoms with E-state index in [1.165, 1.54) is 17.0 Å². The number of methoxy groups -OCH3 is 1. The Kier molecular flexibility index (Phi) is 9.41. The molecule has 2 amide bonds. The van der Waals surface area contributed by atoms with Crippen LogP contribution in [0, 0.1) is 5.82 Å². The number of ether oxygens (including phenoxy) is 2. The third-order valence-corrected chi connectivity index (χ3v) is 5.78. The van der Waals surface area contributed by atoms with Gasteiger partial charge in [-0.2, -0.15) is 0 Å². The van der Waals surface area contributed by atoms with Gasteiger partial charge in [-0.3, -0.25) is 9.59 Å². The summed E-state index contributed by atoms with van der Waals surface area (Å²) in [6.07, 6.45) is 0. The standard InChI is InChI=1S/C25H27FN2O4S/c1-31-14-13-27(25(30)19-32-22-6-3-2-4-7-22)18-24(29)28(17-23-8-5-15-33-23)16-20-9-11-21(26)12-10-20/h2-12,15H,13-14,16-19H2,1H3. The molecule has 33 heavy (non-hydrogen) atoms. The van der Waals surface area contributed by atoms with Crippen LogP contribution in [0.2, 0.25) is 0 Å². The largest absolute Gasteiger partial charge is 0.484 e. The Hall–Kier alpha value is -3.23. The first-order valence-electron chi connectivity index (χ1n) is 10.5. The molecule has 0 unspecified atom stereocenters. The van der Waals surface area contributed by atoms with Gasteiger partial charge in [0.1, 0.15) is 11.6 Å². The molecule has 0 aliphatic heterocycles. The molecule has 0 saturated heterocycles. The number of para-hydroxylation sites is 1. The molecule has 2 aromatic carbocycles. The smallest absolute Gasteiger partial charge is 0.261 e. The van der Waals surface area contributed by atoms with E-state index < -0.39 is 0 Å². The van der Waals surface area contributed by atoms with Gasteiger partial charge in [-0.1, -0.05) is 36.4 Å². The average Bonchev–Trinajstić information content (AvgIpc) is 3.35. The molecule has 3 rings (SSSR count). The van der Waals surface area contributed by atoms with E-state index in [1.807, 2.05) is 35.7 Å². The van der Waals surface area contributed by atoms with Gasteiger partial charge in [0, 0.05) is 25.1 Å². The van der Waals surface area contributed by atoms with E-state index in [2.05, 4.69) is 0 Å². The van der Waals surface area contributed by atoms with Crippen molar-refractivity contribution in [2.24, 2.45) is 0 Å². The second-order valence-electron chi connectivity index (χ2n) is 7.37. The van der Waals surface area contributed by atoms with E-state index in [1.54, 1.807) is 47.6 Å². The summed E-state index contributed by atoms with van der Waals surface area (Å²) in [7, 11) is 1.54. The van der Waals surface area contributed by atoms with Crippen LogP contribution in [0.25, 0.3) is 0 Å². The Morgan fingerprint density at radius 1 is 0.909 bits per heavy atom. The quantitative estimate of drug-likeness (QED) is 0.402. The molecule has 1 aromatic heterocycles. The van der Waals surface area contributed by atoms with Crippen LogP contribution in [0.1, 0.15) is 10.4 Å². The van der Waals surface area contributed by atoms with Crippen LogP contribution in [0.4, 0.5) is 4.39 Å². The summed E-state index contributed by atoms with van der Waals surface area (Å²) in [6, 6.07) is 19.0. The maximum atomic E-state index is 13.3. The van der Waals surface area contributed by atoms with Crippen molar-refractivity contribution in [3.05, 3.63) is 88.4 Å². The number of hydrogen-bond acceptors (Lipinski definition) is 5. The second kappa shape index (κ2) is 12.7. The molecule has 0 saturated carbocycles. The normalized spacial score (nSPS) is 10.6. The third kappa shape index (κ3) is 8.00. The van der Waals surface area contributed by atoms with Crippen molar-refractivity contribution in [1.29, 1.82) is 0 Å². The minimum Gasteiger partial charge on any atom is -0.484 e. The molecule has 0 atom stereocenters. The molecule has 6 nitrogen and oxygen atoms in total. The Morgan fingerprint density at radius 2 is 1.67 bits per heavy atom. The van der Waals surface area contributed by atoms with Crippen LogP contribution in [0.15, 0.2) is 72.1 Å². The zero-order valence-electron chi connectivity index (χ0n) is 18.5. The highest BCUT2D eigenvalue weighted by Gasteiger charge is 2.22. The number of amides is 2. The molecule has 0 radical (unpaired) electrons. The number of thiophene rings is 1. The number of carbonyl (C=O) groups excluding carboxylic acids is 2. The van der Waals surface area contributed by atoms with Crippen LogP contribution < -0.4 is 4.74 Å². The summed E-state index contributed by atoms with van der Waals surface area (Å²) in [5.41, 5.74) is 0.809. The first-order valence-corrected chi connectivity index (χ1v) is 11.4. The molecule has 3 aromatic rings. The van der Waals surface area contributed by atoms with Gasteiger partial charge < -0.3 is 19.3 Å². The van der Waals surface area contributed by atoms with Gasteiger partial charge in [0.15, 0.2) is 6.61 Å². The molecule has 0 bridgehead atoms. The van der Waals surface area contributed by atoms with Gasteiger partial charge in [-0.05, 0) is 41.3 Å². The van der Waals surface area contributed by atoms with Crippen molar-refractivity contribution in [3.63, 3.8) is 0 Å². The molecule has 0 fully saturated rings. The number of rotatable bonds is 12. The Morgan fingerprint density at radius 3 is 2.33 bits per heavy atom. The fourth-order valence-electron chi connectivity index (χ4n) is 3.14.